The summed E-state index contributed by atoms with van der Waals surface area (Å²) in [7, 11) is 0. The van der Waals surface area contributed by atoms with Crippen molar-refractivity contribution in [3.05, 3.63) is 70.8 Å². The maximum absolute atomic E-state index is 13.2. The van der Waals surface area contributed by atoms with Crippen LogP contribution in [0.4, 0.5) is 26.3 Å². The Morgan fingerprint density at radius 2 is 1.61 bits per heavy atom. The Balaban J connectivity index is 1.87. The number of ether oxygens (including phenoxy) is 1. The average Bonchev–Trinajstić information content (AvgIpc) is 2.72. The van der Waals surface area contributed by atoms with Crippen molar-refractivity contribution in [3.63, 3.8) is 0 Å². The summed E-state index contributed by atoms with van der Waals surface area (Å²) in [4.78, 5) is 0. The second kappa shape index (κ2) is 8.80. The number of benzene rings is 2. The zero-order chi connectivity index (χ0) is 22.9. The molecule has 1 aliphatic rings. The van der Waals surface area contributed by atoms with E-state index in [1.54, 1.807) is 0 Å². The number of rotatable bonds is 5. The van der Waals surface area contributed by atoms with Gasteiger partial charge in [0.25, 0.3) is 0 Å². The Labute approximate surface area is 176 Å². The van der Waals surface area contributed by atoms with Crippen molar-refractivity contribution in [2.75, 3.05) is 13.2 Å². The summed E-state index contributed by atoms with van der Waals surface area (Å²) in [5.74, 6) is 0. The van der Waals surface area contributed by atoms with Gasteiger partial charge >= 0.3 is 12.4 Å². The molecule has 2 aromatic carbocycles. The zero-order valence-corrected chi connectivity index (χ0v) is 16.9. The monoisotopic (exact) mass is 446 g/mol. The SMILES string of the molecule is CC(OC[C@@]1(c2ccccc2)CC[C@H](N)CN1)c1cc(C(F)(F)F)cc(C(F)(F)F)c1. The number of halogens is 6. The minimum absolute atomic E-state index is 0.0351. The first-order valence-corrected chi connectivity index (χ1v) is 9.88. The predicted molar refractivity (Wildman–Crippen MR) is 104 cm³/mol. The Morgan fingerprint density at radius 1 is 1.03 bits per heavy atom. The van der Waals surface area contributed by atoms with Gasteiger partial charge in [-0.05, 0) is 49.1 Å². The van der Waals surface area contributed by atoms with Gasteiger partial charge in [-0.1, -0.05) is 30.3 Å². The van der Waals surface area contributed by atoms with Gasteiger partial charge in [-0.3, -0.25) is 0 Å². The third kappa shape index (κ3) is 5.58. The van der Waals surface area contributed by atoms with Crippen LogP contribution in [0.15, 0.2) is 48.5 Å². The molecule has 0 radical (unpaired) electrons. The van der Waals surface area contributed by atoms with Crippen molar-refractivity contribution in [2.45, 2.75) is 49.8 Å². The molecule has 0 spiro atoms. The van der Waals surface area contributed by atoms with E-state index in [4.69, 9.17) is 10.5 Å². The van der Waals surface area contributed by atoms with E-state index in [2.05, 4.69) is 5.32 Å². The first-order valence-electron chi connectivity index (χ1n) is 9.88. The molecule has 1 saturated heterocycles. The van der Waals surface area contributed by atoms with Crippen LogP contribution in [0.25, 0.3) is 0 Å². The number of alkyl halides is 6. The number of nitrogens with two attached hydrogens (primary N) is 1. The molecule has 3 N–H and O–H groups in total. The lowest BCUT2D eigenvalue weighted by Crippen LogP contribution is -2.55. The number of hydrogen-bond donors (Lipinski definition) is 2. The van der Waals surface area contributed by atoms with Gasteiger partial charge in [0.1, 0.15) is 0 Å². The third-order valence-corrected chi connectivity index (χ3v) is 5.63. The van der Waals surface area contributed by atoms with Crippen LogP contribution in [-0.4, -0.2) is 19.2 Å². The Kier molecular flexibility index (Phi) is 6.69. The van der Waals surface area contributed by atoms with Gasteiger partial charge in [-0.25, -0.2) is 0 Å². The van der Waals surface area contributed by atoms with Crippen LogP contribution in [0.1, 0.15) is 48.1 Å². The van der Waals surface area contributed by atoms with Crippen LogP contribution in [0.5, 0.6) is 0 Å². The Hall–Kier alpha value is -2.10. The van der Waals surface area contributed by atoms with Crippen molar-refractivity contribution < 1.29 is 31.1 Å². The summed E-state index contributed by atoms with van der Waals surface area (Å²) in [6.45, 7) is 2.04. The molecule has 3 atom stereocenters. The molecule has 1 aliphatic heterocycles. The molecular weight excluding hydrogens is 422 g/mol. The van der Waals surface area contributed by atoms with Crippen molar-refractivity contribution in [1.82, 2.24) is 5.32 Å². The summed E-state index contributed by atoms with van der Waals surface area (Å²) < 4.78 is 84.8. The maximum atomic E-state index is 13.2. The second-order valence-corrected chi connectivity index (χ2v) is 7.92. The number of hydrogen-bond acceptors (Lipinski definition) is 3. The quantitative estimate of drug-likeness (QED) is 0.604. The summed E-state index contributed by atoms with van der Waals surface area (Å²) >= 11 is 0. The highest BCUT2D eigenvalue weighted by molar-refractivity contribution is 5.35. The fourth-order valence-electron chi connectivity index (χ4n) is 3.74. The van der Waals surface area contributed by atoms with E-state index in [9.17, 15) is 26.3 Å². The van der Waals surface area contributed by atoms with Gasteiger partial charge in [-0.2, -0.15) is 26.3 Å². The van der Waals surface area contributed by atoms with Gasteiger partial charge in [0.15, 0.2) is 0 Å². The zero-order valence-electron chi connectivity index (χ0n) is 16.9. The van der Waals surface area contributed by atoms with E-state index in [-0.39, 0.29) is 24.3 Å². The molecule has 1 unspecified atom stereocenters. The molecule has 1 fully saturated rings. The average molecular weight is 446 g/mol. The van der Waals surface area contributed by atoms with Crippen molar-refractivity contribution in [2.24, 2.45) is 5.73 Å². The first kappa shape index (κ1) is 23.6. The van der Waals surface area contributed by atoms with Gasteiger partial charge in [0.2, 0.25) is 0 Å². The van der Waals surface area contributed by atoms with Crippen LogP contribution in [-0.2, 0) is 22.6 Å². The van der Waals surface area contributed by atoms with Crippen molar-refractivity contribution in [1.29, 1.82) is 0 Å². The van der Waals surface area contributed by atoms with Gasteiger partial charge in [0.05, 0.1) is 29.4 Å². The normalized spacial score (nSPS) is 23.5. The largest absolute Gasteiger partial charge is 0.416 e. The summed E-state index contributed by atoms with van der Waals surface area (Å²) in [5, 5.41) is 3.37. The lowest BCUT2D eigenvalue weighted by molar-refractivity contribution is -0.143. The van der Waals surface area contributed by atoms with Crippen molar-refractivity contribution >= 4 is 0 Å². The lowest BCUT2D eigenvalue weighted by Gasteiger charge is -2.41. The fraction of sp³-hybridized carbons (Fsp3) is 0.455. The van der Waals surface area contributed by atoms with Gasteiger partial charge in [0, 0.05) is 12.6 Å². The maximum Gasteiger partial charge on any atom is 0.416 e. The van der Waals surface area contributed by atoms with Crippen LogP contribution in [0.2, 0.25) is 0 Å². The molecule has 0 saturated carbocycles. The lowest BCUT2D eigenvalue weighted by atomic mass is 9.81. The highest BCUT2D eigenvalue weighted by Gasteiger charge is 2.39. The Bertz CT molecular complexity index is 842. The number of piperidine rings is 1. The predicted octanol–water partition coefficient (Wildman–Crippen LogP) is 5.41. The molecule has 2 aromatic rings. The van der Waals surface area contributed by atoms with Gasteiger partial charge < -0.3 is 15.8 Å². The highest BCUT2D eigenvalue weighted by atomic mass is 19.4. The molecule has 0 aromatic heterocycles. The van der Waals surface area contributed by atoms with E-state index in [1.807, 2.05) is 30.3 Å². The molecule has 0 aliphatic carbocycles. The van der Waals surface area contributed by atoms with E-state index in [0.29, 0.717) is 31.5 Å². The molecule has 170 valence electrons. The fourth-order valence-corrected chi connectivity index (χ4v) is 3.74. The van der Waals surface area contributed by atoms with Crippen molar-refractivity contribution in [3.8, 4) is 0 Å². The Morgan fingerprint density at radius 3 is 2.10 bits per heavy atom. The summed E-state index contributed by atoms with van der Waals surface area (Å²) in [6.07, 6.45) is -9.45. The molecule has 31 heavy (non-hydrogen) atoms. The van der Waals surface area contributed by atoms with Crippen LogP contribution < -0.4 is 11.1 Å². The van der Waals surface area contributed by atoms with Crippen LogP contribution in [0.3, 0.4) is 0 Å². The summed E-state index contributed by atoms with van der Waals surface area (Å²) in [6, 6.07) is 10.9. The smallest absolute Gasteiger partial charge is 0.372 e. The first-order chi connectivity index (χ1) is 14.4. The molecule has 1 heterocycles. The minimum atomic E-state index is -4.90. The van der Waals surface area contributed by atoms with E-state index in [1.165, 1.54) is 6.92 Å². The molecule has 9 heteroatoms. The van der Waals surface area contributed by atoms with E-state index < -0.39 is 35.1 Å². The van der Waals surface area contributed by atoms with Crippen LogP contribution in [0, 0.1) is 0 Å². The molecule has 3 nitrogen and oxygen atoms in total. The van der Waals surface area contributed by atoms with E-state index in [0.717, 1.165) is 5.56 Å². The standard InChI is InChI=1S/C22H24F6N2O/c1-14(15-9-17(21(23,24)25)11-18(10-15)22(26,27)28)31-13-20(8-7-19(29)12-30-20)16-5-3-2-4-6-16/h2-6,9-11,14,19,30H,7-8,12-13,29H2,1H3/t14?,19-,20+/m0/s1. The third-order valence-electron chi connectivity index (χ3n) is 5.63. The molecular formula is C22H24F6N2O. The molecule has 0 amide bonds. The minimum Gasteiger partial charge on any atom is -0.372 e. The second-order valence-electron chi connectivity index (χ2n) is 7.92. The molecule has 0 bridgehead atoms. The molecule has 3 rings (SSSR count). The summed E-state index contributed by atoms with van der Waals surface area (Å²) in [5.41, 5.74) is 3.39. The van der Waals surface area contributed by atoms with Gasteiger partial charge in [-0.15, -0.1) is 0 Å². The number of nitrogens with one attached hydrogen (secondary N) is 1. The topological polar surface area (TPSA) is 47.3 Å². The highest BCUT2D eigenvalue weighted by Crippen LogP contribution is 2.38. The van der Waals surface area contributed by atoms with E-state index >= 15 is 0 Å². The van der Waals surface area contributed by atoms with Crippen LogP contribution >= 0.6 is 0 Å².